The van der Waals surface area contributed by atoms with Crippen LogP contribution in [0.3, 0.4) is 0 Å². The Balaban J connectivity index is 1.18. The third-order valence-corrected chi connectivity index (χ3v) is 8.27. The van der Waals surface area contributed by atoms with Gasteiger partial charge in [0.1, 0.15) is 0 Å². The Hall–Kier alpha value is -3.02. The lowest BCUT2D eigenvalue weighted by molar-refractivity contribution is -0.114. The van der Waals surface area contributed by atoms with Crippen LogP contribution >= 0.6 is 0 Å². The molecule has 4 bridgehead atoms. The van der Waals surface area contributed by atoms with Gasteiger partial charge in [0, 0.05) is 29.9 Å². The van der Waals surface area contributed by atoms with Gasteiger partial charge in [0.05, 0.1) is 17.9 Å². The summed E-state index contributed by atoms with van der Waals surface area (Å²) < 4.78 is 0. The Morgan fingerprint density at radius 1 is 0.857 bits per heavy atom. The topological polar surface area (TPSA) is 73.5 Å². The Bertz CT molecular complexity index is 1030. The zero-order valence-corrected chi connectivity index (χ0v) is 21.0. The molecule has 3 N–H and O–H groups in total. The van der Waals surface area contributed by atoms with Gasteiger partial charge < -0.3 is 20.9 Å². The van der Waals surface area contributed by atoms with Crippen LogP contribution in [0.15, 0.2) is 48.5 Å². The van der Waals surface area contributed by atoms with Gasteiger partial charge in [-0.15, -0.1) is 0 Å². The number of hydrogen-bond donors (Lipinski definition) is 3. The van der Waals surface area contributed by atoms with E-state index in [1.54, 1.807) is 29.2 Å². The van der Waals surface area contributed by atoms with Crippen molar-refractivity contribution >= 4 is 28.9 Å². The molecule has 0 radical (unpaired) electrons. The summed E-state index contributed by atoms with van der Waals surface area (Å²) in [6.07, 6.45) is 8.10. The Morgan fingerprint density at radius 2 is 1.43 bits per heavy atom. The number of amides is 2. The van der Waals surface area contributed by atoms with Gasteiger partial charge in [-0.25, -0.2) is 0 Å². The zero-order chi connectivity index (χ0) is 24.4. The van der Waals surface area contributed by atoms with Gasteiger partial charge in [-0.3, -0.25) is 9.59 Å². The zero-order valence-electron chi connectivity index (χ0n) is 21.0. The third-order valence-electron chi connectivity index (χ3n) is 8.27. The number of anilines is 3. The maximum Gasteiger partial charge on any atom is 0.253 e. The summed E-state index contributed by atoms with van der Waals surface area (Å²) in [6, 6.07) is 15.4. The fraction of sp³-hybridized carbons (Fsp3) is 0.517. The van der Waals surface area contributed by atoms with Gasteiger partial charge >= 0.3 is 0 Å². The Morgan fingerprint density at radius 3 is 2.00 bits per heavy atom. The van der Waals surface area contributed by atoms with Crippen LogP contribution in [0.5, 0.6) is 0 Å². The summed E-state index contributed by atoms with van der Waals surface area (Å²) in [5, 5.41) is 10.2. The molecule has 4 saturated carbocycles. The SMILES string of the molecule is CCN(CC)C(=O)c1ccc(NC(=O)CNc2ccccc2NC23CC4CC(CC(C4)C2)C3)cc1. The fourth-order valence-electron chi connectivity index (χ4n) is 7.07. The quantitative estimate of drug-likeness (QED) is 0.442. The molecule has 186 valence electrons. The van der Waals surface area contributed by atoms with Crippen LogP contribution in [0.25, 0.3) is 0 Å². The van der Waals surface area contributed by atoms with E-state index in [0.717, 1.165) is 29.1 Å². The molecule has 35 heavy (non-hydrogen) atoms. The van der Waals surface area contributed by atoms with Gasteiger partial charge in [-0.2, -0.15) is 0 Å². The molecular weight excluding hydrogens is 436 g/mol. The first-order valence-electron chi connectivity index (χ1n) is 13.3. The number of rotatable bonds is 9. The lowest BCUT2D eigenvalue weighted by atomic mass is 9.53. The van der Waals surface area contributed by atoms with Crippen LogP contribution in [0.1, 0.15) is 62.7 Å². The van der Waals surface area contributed by atoms with Crippen molar-refractivity contribution in [1.29, 1.82) is 0 Å². The highest BCUT2D eigenvalue weighted by Crippen LogP contribution is 2.56. The van der Waals surface area contributed by atoms with E-state index < -0.39 is 0 Å². The summed E-state index contributed by atoms with van der Waals surface area (Å²) in [6.45, 7) is 5.48. The maximum absolute atomic E-state index is 12.7. The number of hydrogen-bond acceptors (Lipinski definition) is 4. The van der Waals surface area contributed by atoms with Gasteiger partial charge in [0.25, 0.3) is 5.91 Å². The van der Waals surface area contributed by atoms with E-state index in [9.17, 15) is 9.59 Å². The predicted molar refractivity (Wildman–Crippen MR) is 142 cm³/mol. The first-order chi connectivity index (χ1) is 17.0. The molecule has 0 spiro atoms. The second kappa shape index (κ2) is 9.92. The first kappa shape index (κ1) is 23.7. The molecule has 0 heterocycles. The lowest BCUT2D eigenvalue weighted by Gasteiger charge is -2.57. The van der Waals surface area contributed by atoms with Crippen molar-refractivity contribution < 1.29 is 9.59 Å². The molecule has 6 nitrogen and oxygen atoms in total. The minimum absolute atomic E-state index is 0.0117. The molecule has 0 saturated heterocycles. The van der Waals surface area contributed by atoms with E-state index in [0.29, 0.717) is 24.3 Å². The van der Waals surface area contributed by atoms with E-state index in [-0.39, 0.29) is 23.9 Å². The van der Waals surface area contributed by atoms with Gasteiger partial charge in [0.2, 0.25) is 5.91 Å². The molecule has 4 aliphatic carbocycles. The minimum Gasteiger partial charge on any atom is -0.378 e. The van der Waals surface area contributed by atoms with Crippen molar-refractivity contribution in [2.45, 2.75) is 57.9 Å². The smallest absolute Gasteiger partial charge is 0.253 e. The van der Waals surface area contributed by atoms with Crippen LogP contribution in [-0.2, 0) is 4.79 Å². The van der Waals surface area contributed by atoms with Crippen molar-refractivity contribution in [3.8, 4) is 0 Å². The summed E-state index contributed by atoms with van der Waals surface area (Å²) in [5.41, 5.74) is 3.61. The Labute approximate surface area is 208 Å². The molecule has 2 aromatic carbocycles. The normalized spacial score (nSPS) is 26.3. The molecular formula is C29H38N4O2. The molecule has 4 fully saturated rings. The first-order valence-corrected chi connectivity index (χ1v) is 13.3. The largest absolute Gasteiger partial charge is 0.378 e. The molecule has 0 aromatic heterocycles. The van der Waals surface area contributed by atoms with Crippen LogP contribution < -0.4 is 16.0 Å². The fourth-order valence-corrected chi connectivity index (χ4v) is 7.07. The van der Waals surface area contributed by atoms with Crippen LogP contribution in [0.2, 0.25) is 0 Å². The van der Waals surface area contributed by atoms with Crippen molar-refractivity contribution in [2.24, 2.45) is 17.8 Å². The van der Waals surface area contributed by atoms with Gasteiger partial charge in [0.15, 0.2) is 0 Å². The monoisotopic (exact) mass is 474 g/mol. The average molecular weight is 475 g/mol. The van der Waals surface area contributed by atoms with E-state index in [2.05, 4.69) is 28.1 Å². The molecule has 0 aliphatic heterocycles. The molecule has 0 atom stereocenters. The standard InChI is InChI=1S/C29H38N4O2/c1-3-33(4-2)28(35)23-9-11-24(12-10-23)31-27(34)19-30-25-7-5-6-8-26(25)32-29-16-20-13-21(17-29)15-22(14-20)18-29/h5-12,20-22,30,32H,3-4,13-19H2,1-2H3,(H,31,34). The molecule has 2 amide bonds. The van der Waals surface area contributed by atoms with Crippen LogP contribution in [-0.4, -0.2) is 41.9 Å². The van der Waals surface area contributed by atoms with Gasteiger partial charge in [-0.05, 0) is 107 Å². The summed E-state index contributed by atoms with van der Waals surface area (Å²) in [4.78, 5) is 26.9. The van der Waals surface area contributed by atoms with Crippen LogP contribution in [0, 0.1) is 17.8 Å². The van der Waals surface area contributed by atoms with Crippen molar-refractivity contribution in [3.63, 3.8) is 0 Å². The number of carbonyl (C=O) groups is 2. The molecule has 6 rings (SSSR count). The summed E-state index contributed by atoms with van der Waals surface area (Å²) in [7, 11) is 0. The summed E-state index contributed by atoms with van der Waals surface area (Å²) in [5.74, 6) is 2.55. The highest BCUT2D eigenvalue weighted by Gasteiger charge is 2.51. The number of benzene rings is 2. The van der Waals surface area contributed by atoms with Crippen molar-refractivity contribution in [2.75, 3.05) is 35.6 Å². The second-order valence-corrected chi connectivity index (χ2v) is 10.8. The molecule has 0 unspecified atom stereocenters. The van der Waals surface area contributed by atoms with E-state index in [1.807, 2.05) is 26.0 Å². The minimum atomic E-state index is -0.113. The second-order valence-electron chi connectivity index (χ2n) is 10.8. The van der Waals surface area contributed by atoms with Gasteiger partial charge in [-0.1, -0.05) is 12.1 Å². The number of nitrogens with zero attached hydrogens (tertiary/aromatic N) is 1. The highest BCUT2D eigenvalue weighted by molar-refractivity contribution is 5.97. The van der Waals surface area contributed by atoms with E-state index in [4.69, 9.17) is 0 Å². The van der Waals surface area contributed by atoms with E-state index in [1.165, 1.54) is 38.5 Å². The molecule has 4 aliphatic rings. The van der Waals surface area contributed by atoms with Crippen LogP contribution in [0.4, 0.5) is 17.1 Å². The maximum atomic E-state index is 12.7. The summed E-state index contributed by atoms with van der Waals surface area (Å²) >= 11 is 0. The number of para-hydroxylation sites is 2. The number of carbonyl (C=O) groups excluding carboxylic acids is 2. The third kappa shape index (κ3) is 5.16. The van der Waals surface area contributed by atoms with Crippen molar-refractivity contribution in [1.82, 2.24) is 4.90 Å². The number of nitrogens with one attached hydrogen (secondary N) is 3. The van der Waals surface area contributed by atoms with Crippen molar-refractivity contribution in [3.05, 3.63) is 54.1 Å². The van der Waals surface area contributed by atoms with E-state index >= 15 is 0 Å². The highest BCUT2D eigenvalue weighted by atomic mass is 16.2. The molecule has 6 heteroatoms. The Kier molecular flexibility index (Phi) is 6.72. The molecule has 2 aromatic rings. The average Bonchev–Trinajstić information content (AvgIpc) is 2.83. The lowest BCUT2D eigenvalue weighted by Crippen LogP contribution is -2.54. The predicted octanol–water partition coefficient (Wildman–Crippen LogP) is 5.60.